The standard InChI is InChI=1S/C8H9N3/c1-5-3-2-4-6-7(5)10-11-8(6)9/h2-4H,1H3,(H3,9,10,11). The minimum absolute atomic E-state index is 0.573. The van der Waals surface area contributed by atoms with Crippen LogP contribution in [0.2, 0.25) is 0 Å². The van der Waals surface area contributed by atoms with Crippen LogP contribution in [-0.4, -0.2) is 10.2 Å². The van der Waals surface area contributed by atoms with E-state index >= 15 is 0 Å². The summed E-state index contributed by atoms with van der Waals surface area (Å²) in [5.74, 6) is 0.573. The van der Waals surface area contributed by atoms with Gasteiger partial charge in [0.05, 0.1) is 5.52 Å². The van der Waals surface area contributed by atoms with Gasteiger partial charge in [0.25, 0.3) is 0 Å². The highest BCUT2D eigenvalue weighted by Gasteiger charge is 2.01. The van der Waals surface area contributed by atoms with Crippen LogP contribution in [-0.2, 0) is 0 Å². The molecule has 0 aliphatic heterocycles. The van der Waals surface area contributed by atoms with Crippen LogP contribution in [0.4, 0.5) is 5.82 Å². The fourth-order valence-corrected chi connectivity index (χ4v) is 1.21. The number of benzene rings is 1. The van der Waals surface area contributed by atoms with Crippen molar-refractivity contribution in [1.29, 1.82) is 0 Å². The molecule has 3 nitrogen and oxygen atoms in total. The van der Waals surface area contributed by atoms with E-state index in [4.69, 9.17) is 5.73 Å². The van der Waals surface area contributed by atoms with Crippen molar-refractivity contribution < 1.29 is 0 Å². The van der Waals surface area contributed by atoms with Gasteiger partial charge in [-0.1, -0.05) is 12.1 Å². The average Bonchev–Trinajstić information content (AvgIpc) is 2.35. The number of para-hydroxylation sites is 1. The maximum absolute atomic E-state index is 5.60. The Morgan fingerprint density at radius 1 is 1.45 bits per heavy atom. The zero-order valence-electron chi connectivity index (χ0n) is 6.26. The predicted octanol–water partition coefficient (Wildman–Crippen LogP) is 1.45. The number of aromatic amines is 1. The summed E-state index contributed by atoms with van der Waals surface area (Å²) in [6.07, 6.45) is 0. The summed E-state index contributed by atoms with van der Waals surface area (Å²) < 4.78 is 0. The lowest BCUT2D eigenvalue weighted by Crippen LogP contribution is -1.83. The summed E-state index contributed by atoms with van der Waals surface area (Å²) in [4.78, 5) is 0. The summed E-state index contributed by atoms with van der Waals surface area (Å²) in [5.41, 5.74) is 7.81. The Balaban J connectivity index is 2.94. The van der Waals surface area contributed by atoms with Crippen molar-refractivity contribution in [3.05, 3.63) is 23.8 Å². The molecule has 0 amide bonds. The third-order valence-electron chi connectivity index (χ3n) is 1.84. The Bertz CT molecular complexity index is 389. The molecular weight excluding hydrogens is 138 g/mol. The van der Waals surface area contributed by atoms with E-state index in [-0.39, 0.29) is 0 Å². The molecule has 0 aliphatic carbocycles. The van der Waals surface area contributed by atoms with Crippen LogP contribution >= 0.6 is 0 Å². The Hall–Kier alpha value is -1.51. The number of fused-ring (bicyclic) bond motifs is 1. The number of nitrogen functional groups attached to an aromatic ring is 1. The van der Waals surface area contributed by atoms with Gasteiger partial charge in [-0.3, -0.25) is 5.10 Å². The molecule has 1 heterocycles. The molecular formula is C8H9N3. The van der Waals surface area contributed by atoms with Gasteiger partial charge in [-0.25, -0.2) is 0 Å². The molecule has 11 heavy (non-hydrogen) atoms. The quantitative estimate of drug-likeness (QED) is 0.592. The highest BCUT2D eigenvalue weighted by Crippen LogP contribution is 2.19. The fourth-order valence-electron chi connectivity index (χ4n) is 1.21. The van der Waals surface area contributed by atoms with Gasteiger partial charge >= 0.3 is 0 Å². The Kier molecular flexibility index (Phi) is 1.12. The normalized spacial score (nSPS) is 10.6. The lowest BCUT2D eigenvalue weighted by Gasteiger charge is -1.92. The first-order chi connectivity index (χ1) is 5.29. The SMILES string of the molecule is Cc1cccc2c(N)n[nH]c12. The molecule has 3 heteroatoms. The Morgan fingerprint density at radius 3 is 3.00 bits per heavy atom. The van der Waals surface area contributed by atoms with E-state index in [0.717, 1.165) is 10.9 Å². The lowest BCUT2D eigenvalue weighted by atomic mass is 10.2. The maximum atomic E-state index is 5.60. The number of anilines is 1. The van der Waals surface area contributed by atoms with Gasteiger partial charge in [-0.15, -0.1) is 0 Å². The number of nitrogens with one attached hydrogen (secondary N) is 1. The van der Waals surface area contributed by atoms with Crippen molar-refractivity contribution in [1.82, 2.24) is 10.2 Å². The molecule has 0 spiro atoms. The number of nitrogens with two attached hydrogens (primary N) is 1. The summed E-state index contributed by atoms with van der Waals surface area (Å²) in [6, 6.07) is 5.96. The van der Waals surface area contributed by atoms with E-state index in [1.54, 1.807) is 0 Å². The second kappa shape index (κ2) is 1.99. The smallest absolute Gasteiger partial charge is 0.153 e. The molecule has 0 fully saturated rings. The van der Waals surface area contributed by atoms with Crippen molar-refractivity contribution in [3.8, 4) is 0 Å². The molecule has 3 N–H and O–H groups in total. The van der Waals surface area contributed by atoms with Crippen LogP contribution in [0.25, 0.3) is 10.9 Å². The number of nitrogens with zero attached hydrogens (tertiary/aromatic N) is 1. The third kappa shape index (κ3) is 0.774. The molecule has 0 aliphatic rings. The number of H-pyrrole nitrogens is 1. The molecule has 0 saturated carbocycles. The predicted molar refractivity (Wildman–Crippen MR) is 45.2 cm³/mol. The van der Waals surface area contributed by atoms with Crippen LogP contribution < -0.4 is 5.73 Å². The van der Waals surface area contributed by atoms with E-state index in [1.807, 2.05) is 25.1 Å². The maximum Gasteiger partial charge on any atom is 0.153 e. The molecule has 2 aromatic rings. The van der Waals surface area contributed by atoms with Crippen molar-refractivity contribution in [2.45, 2.75) is 6.92 Å². The van der Waals surface area contributed by atoms with Gasteiger partial charge in [-0.05, 0) is 18.6 Å². The second-order valence-electron chi connectivity index (χ2n) is 2.61. The highest BCUT2D eigenvalue weighted by atomic mass is 15.1. The zero-order chi connectivity index (χ0) is 7.84. The largest absolute Gasteiger partial charge is 0.382 e. The van der Waals surface area contributed by atoms with E-state index in [2.05, 4.69) is 10.2 Å². The Labute approximate surface area is 64.2 Å². The molecule has 1 aromatic heterocycles. The van der Waals surface area contributed by atoms with Crippen molar-refractivity contribution in [2.75, 3.05) is 5.73 Å². The topological polar surface area (TPSA) is 54.7 Å². The van der Waals surface area contributed by atoms with E-state index in [1.165, 1.54) is 5.56 Å². The number of hydrogen-bond donors (Lipinski definition) is 2. The van der Waals surface area contributed by atoms with E-state index in [0.29, 0.717) is 5.82 Å². The summed E-state index contributed by atoms with van der Waals surface area (Å²) in [7, 11) is 0. The monoisotopic (exact) mass is 147 g/mol. The molecule has 0 unspecified atom stereocenters. The van der Waals surface area contributed by atoms with Crippen LogP contribution in [0.1, 0.15) is 5.56 Å². The summed E-state index contributed by atoms with van der Waals surface area (Å²) >= 11 is 0. The van der Waals surface area contributed by atoms with Gasteiger partial charge in [-0.2, -0.15) is 5.10 Å². The second-order valence-corrected chi connectivity index (χ2v) is 2.61. The molecule has 56 valence electrons. The van der Waals surface area contributed by atoms with E-state index in [9.17, 15) is 0 Å². The first kappa shape index (κ1) is 6.22. The number of aryl methyl sites for hydroxylation is 1. The van der Waals surface area contributed by atoms with Crippen LogP contribution in [0, 0.1) is 6.92 Å². The van der Waals surface area contributed by atoms with Crippen molar-refractivity contribution in [3.63, 3.8) is 0 Å². The van der Waals surface area contributed by atoms with Gasteiger partial charge in [0, 0.05) is 5.39 Å². The number of aromatic nitrogens is 2. The molecule has 0 radical (unpaired) electrons. The molecule has 0 bridgehead atoms. The zero-order valence-corrected chi connectivity index (χ0v) is 6.26. The van der Waals surface area contributed by atoms with Gasteiger partial charge in [0.1, 0.15) is 0 Å². The van der Waals surface area contributed by atoms with Crippen LogP contribution in [0.15, 0.2) is 18.2 Å². The molecule has 0 atom stereocenters. The lowest BCUT2D eigenvalue weighted by molar-refractivity contribution is 1.12. The Morgan fingerprint density at radius 2 is 2.27 bits per heavy atom. The van der Waals surface area contributed by atoms with Gasteiger partial charge in [0.15, 0.2) is 5.82 Å². The molecule has 0 saturated heterocycles. The summed E-state index contributed by atoms with van der Waals surface area (Å²) in [5, 5.41) is 7.80. The summed E-state index contributed by atoms with van der Waals surface area (Å²) in [6.45, 7) is 2.03. The number of hydrogen-bond acceptors (Lipinski definition) is 2. The van der Waals surface area contributed by atoms with Gasteiger partial charge in [0.2, 0.25) is 0 Å². The first-order valence-electron chi connectivity index (χ1n) is 3.48. The number of rotatable bonds is 0. The van der Waals surface area contributed by atoms with Crippen LogP contribution in [0.3, 0.4) is 0 Å². The van der Waals surface area contributed by atoms with E-state index < -0.39 is 0 Å². The van der Waals surface area contributed by atoms with Crippen molar-refractivity contribution >= 4 is 16.7 Å². The van der Waals surface area contributed by atoms with Gasteiger partial charge < -0.3 is 5.73 Å². The molecule has 2 rings (SSSR count). The minimum Gasteiger partial charge on any atom is -0.382 e. The van der Waals surface area contributed by atoms with Crippen LogP contribution in [0.5, 0.6) is 0 Å². The first-order valence-corrected chi connectivity index (χ1v) is 3.48. The minimum atomic E-state index is 0.573. The molecule has 1 aromatic carbocycles. The highest BCUT2D eigenvalue weighted by molar-refractivity contribution is 5.90. The average molecular weight is 147 g/mol. The third-order valence-corrected chi connectivity index (χ3v) is 1.84. The van der Waals surface area contributed by atoms with Crippen molar-refractivity contribution in [2.24, 2.45) is 0 Å². The fraction of sp³-hybridized carbons (Fsp3) is 0.125.